The van der Waals surface area contributed by atoms with Gasteiger partial charge in [0, 0.05) is 44.0 Å². The summed E-state index contributed by atoms with van der Waals surface area (Å²) in [5.41, 5.74) is 10.3. The Hall–Kier alpha value is -7.74. The minimum absolute atomic E-state index is 0.540. The van der Waals surface area contributed by atoms with Crippen LogP contribution in [0, 0.1) is 22.7 Å². The number of hydrogen-bond acceptors (Lipinski definition) is 4. The molecular weight excluding hydrogens is 651 g/mol. The largest absolute Gasteiger partial charge is 0.309 e. The predicted octanol–water partition coefficient (Wildman–Crippen LogP) is 10.5. The molecule has 0 amide bonds. The summed E-state index contributed by atoms with van der Waals surface area (Å²) in [6.07, 6.45) is 0. The maximum atomic E-state index is 9.44. The first-order valence-electron chi connectivity index (χ1n) is 17.3. The van der Waals surface area contributed by atoms with E-state index in [4.69, 9.17) is 10.1 Å². The standard InChI is InChI=1S/C46H27N7/c47-28-30-16-20-32(21-17-30)45-49-46(33-22-18-31(29-48)19-23-33)53(50-45)36-24-25-44-40(27-36)39-12-3-6-15-43(39)52(44)35-9-7-8-34(26-35)51-41-13-4-1-10-37(41)38-11-2-5-14-42(38)51/h1-27H. The second kappa shape index (κ2) is 11.9. The highest BCUT2D eigenvalue weighted by atomic mass is 15.4. The monoisotopic (exact) mass is 677 g/mol. The number of nitriles is 2. The lowest BCUT2D eigenvalue weighted by molar-refractivity contribution is 0.892. The van der Waals surface area contributed by atoms with Crippen LogP contribution in [0.1, 0.15) is 11.1 Å². The Bertz CT molecular complexity index is 3070. The van der Waals surface area contributed by atoms with Crippen molar-refractivity contribution in [2.75, 3.05) is 0 Å². The fraction of sp³-hybridized carbons (Fsp3) is 0. The highest BCUT2D eigenvalue weighted by Gasteiger charge is 2.19. The van der Waals surface area contributed by atoms with E-state index in [9.17, 15) is 10.5 Å². The molecule has 0 bridgehead atoms. The van der Waals surface area contributed by atoms with Crippen LogP contribution in [0.15, 0.2) is 164 Å². The number of para-hydroxylation sites is 3. The number of nitrogens with zero attached hydrogens (tertiary/aromatic N) is 7. The van der Waals surface area contributed by atoms with Gasteiger partial charge in [0.2, 0.25) is 0 Å². The molecule has 7 heteroatoms. The number of aromatic nitrogens is 5. The van der Waals surface area contributed by atoms with Crippen molar-refractivity contribution in [3.8, 4) is 52.0 Å². The molecule has 3 aromatic heterocycles. The van der Waals surface area contributed by atoms with Gasteiger partial charge in [-0.1, -0.05) is 60.7 Å². The van der Waals surface area contributed by atoms with Gasteiger partial charge in [-0.2, -0.15) is 10.5 Å². The van der Waals surface area contributed by atoms with Gasteiger partial charge in [0.25, 0.3) is 0 Å². The van der Waals surface area contributed by atoms with E-state index in [-0.39, 0.29) is 0 Å². The number of hydrogen-bond donors (Lipinski definition) is 0. The van der Waals surface area contributed by atoms with Crippen LogP contribution in [0.4, 0.5) is 0 Å². The molecule has 0 radical (unpaired) electrons. The molecule has 0 saturated heterocycles. The van der Waals surface area contributed by atoms with Gasteiger partial charge in [-0.25, -0.2) is 9.67 Å². The second-order valence-corrected chi connectivity index (χ2v) is 13.0. The van der Waals surface area contributed by atoms with Gasteiger partial charge < -0.3 is 9.13 Å². The van der Waals surface area contributed by atoms with Gasteiger partial charge in [-0.05, 0) is 103 Å². The zero-order valence-electron chi connectivity index (χ0n) is 28.2. The molecule has 0 aliphatic heterocycles. The Morgan fingerprint density at radius 2 is 0.906 bits per heavy atom. The van der Waals surface area contributed by atoms with Crippen LogP contribution in [0.25, 0.3) is 83.4 Å². The molecule has 0 atom stereocenters. The molecule has 246 valence electrons. The van der Waals surface area contributed by atoms with Crippen LogP contribution in [-0.4, -0.2) is 23.9 Å². The maximum absolute atomic E-state index is 9.44. The van der Waals surface area contributed by atoms with Crippen LogP contribution in [-0.2, 0) is 0 Å². The fourth-order valence-corrected chi connectivity index (χ4v) is 7.53. The van der Waals surface area contributed by atoms with E-state index in [2.05, 4.69) is 137 Å². The smallest absolute Gasteiger partial charge is 0.182 e. The normalized spacial score (nSPS) is 11.4. The zero-order chi connectivity index (χ0) is 35.5. The molecule has 0 aliphatic rings. The quantitative estimate of drug-likeness (QED) is 0.181. The zero-order valence-corrected chi connectivity index (χ0v) is 28.2. The van der Waals surface area contributed by atoms with Crippen LogP contribution in [0.2, 0.25) is 0 Å². The summed E-state index contributed by atoms with van der Waals surface area (Å²) in [6.45, 7) is 0. The fourth-order valence-electron chi connectivity index (χ4n) is 7.53. The number of fused-ring (bicyclic) bond motifs is 6. The average molecular weight is 678 g/mol. The molecule has 0 spiro atoms. The molecule has 10 aromatic rings. The average Bonchev–Trinajstić information content (AvgIpc) is 3.92. The second-order valence-electron chi connectivity index (χ2n) is 13.0. The van der Waals surface area contributed by atoms with Crippen molar-refractivity contribution >= 4 is 43.6 Å². The topological polar surface area (TPSA) is 88.2 Å². The lowest BCUT2D eigenvalue weighted by atomic mass is 10.1. The number of rotatable bonds is 5. The molecule has 7 aromatic carbocycles. The Morgan fingerprint density at radius 1 is 0.415 bits per heavy atom. The van der Waals surface area contributed by atoms with Gasteiger partial charge in [-0.3, -0.25) is 0 Å². The van der Waals surface area contributed by atoms with E-state index >= 15 is 0 Å². The van der Waals surface area contributed by atoms with Crippen molar-refractivity contribution in [3.05, 3.63) is 175 Å². The third-order valence-electron chi connectivity index (χ3n) is 9.98. The molecule has 0 unspecified atom stereocenters. The van der Waals surface area contributed by atoms with Crippen LogP contribution in [0.5, 0.6) is 0 Å². The third kappa shape index (κ3) is 4.80. The first kappa shape index (κ1) is 30.1. The van der Waals surface area contributed by atoms with Crippen molar-refractivity contribution in [2.45, 2.75) is 0 Å². The van der Waals surface area contributed by atoms with Crippen molar-refractivity contribution in [1.82, 2.24) is 23.9 Å². The SMILES string of the molecule is N#Cc1ccc(-c2nc(-c3ccc(C#N)cc3)n(-c3ccc4c(c3)c3ccccc3n4-c3cccc(-n4c5ccccc5c5ccccc54)c3)n2)cc1. The van der Waals surface area contributed by atoms with E-state index in [1.165, 1.54) is 21.8 Å². The van der Waals surface area contributed by atoms with Gasteiger partial charge >= 0.3 is 0 Å². The van der Waals surface area contributed by atoms with E-state index in [1.807, 2.05) is 28.9 Å². The summed E-state index contributed by atoms with van der Waals surface area (Å²) < 4.78 is 6.54. The van der Waals surface area contributed by atoms with Crippen LogP contribution in [0.3, 0.4) is 0 Å². The first-order chi connectivity index (χ1) is 26.2. The number of benzene rings is 7. The Balaban J connectivity index is 1.15. The van der Waals surface area contributed by atoms with E-state index in [1.54, 1.807) is 24.3 Å². The van der Waals surface area contributed by atoms with E-state index in [0.29, 0.717) is 22.8 Å². The highest BCUT2D eigenvalue weighted by molar-refractivity contribution is 6.11. The predicted molar refractivity (Wildman–Crippen MR) is 210 cm³/mol. The maximum Gasteiger partial charge on any atom is 0.182 e. The molecule has 0 N–H and O–H groups in total. The van der Waals surface area contributed by atoms with Crippen LogP contribution >= 0.6 is 0 Å². The molecule has 0 saturated carbocycles. The summed E-state index contributed by atoms with van der Waals surface area (Å²) in [4.78, 5) is 4.99. The third-order valence-corrected chi connectivity index (χ3v) is 9.98. The highest BCUT2D eigenvalue weighted by Crippen LogP contribution is 2.37. The Morgan fingerprint density at radius 3 is 1.45 bits per heavy atom. The summed E-state index contributed by atoms with van der Waals surface area (Å²) in [7, 11) is 0. The molecule has 7 nitrogen and oxygen atoms in total. The molecule has 0 aliphatic carbocycles. The summed E-state index contributed by atoms with van der Waals surface area (Å²) in [5, 5.41) is 28.5. The summed E-state index contributed by atoms with van der Waals surface area (Å²) >= 11 is 0. The van der Waals surface area contributed by atoms with Crippen molar-refractivity contribution in [1.29, 1.82) is 10.5 Å². The molecule has 53 heavy (non-hydrogen) atoms. The van der Waals surface area contributed by atoms with E-state index < -0.39 is 0 Å². The summed E-state index contributed by atoms with van der Waals surface area (Å²) in [6, 6.07) is 59.8. The summed E-state index contributed by atoms with van der Waals surface area (Å²) in [5.74, 6) is 1.19. The lowest BCUT2D eigenvalue weighted by Crippen LogP contribution is -2.01. The Labute approximate surface area is 304 Å². The molecule has 10 rings (SSSR count). The van der Waals surface area contributed by atoms with Gasteiger partial charge in [0.05, 0.1) is 51.0 Å². The van der Waals surface area contributed by atoms with Crippen molar-refractivity contribution in [3.63, 3.8) is 0 Å². The molecular formula is C46H27N7. The van der Waals surface area contributed by atoms with E-state index in [0.717, 1.165) is 50.0 Å². The molecule has 3 heterocycles. The van der Waals surface area contributed by atoms with Gasteiger partial charge in [0.1, 0.15) is 0 Å². The minimum Gasteiger partial charge on any atom is -0.309 e. The van der Waals surface area contributed by atoms with Gasteiger partial charge in [-0.15, -0.1) is 5.10 Å². The van der Waals surface area contributed by atoms with Crippen molar-refractivity contribution in [2.24, 2.45) is 0 Å². The van der Waals surface area contributed by atoms with Crippen LogP contribution < -0.4 is 0 Å². The first-order valence-corrected chi connectivity index (χ1v) is 17.3. The Kier molecular flexibility index (Phi) is 6.79. The minimum atomic E-state index is 0.540. The van der Waals surface area contributed by atoms with Gasteiger partial charge in [0.15, 0.2) is 11.6 Å². The lowest BCUT2D eigenvalue weighted by Gasteiger charge is -2.13. The van der Waals surface area contributed by atoms with Crippen molar-refractivity contribution < 1.29 is 0 Å². The molecule has 0 fully saturated rings.